The fourth-order valence-corrected chi connectivity index (χ4v) is 2.92. The lowest BCUT2D eigenvalue weighted by molar-refractivity contribution is -0.113. The first-order valence-electron chi connectivity index (χ1n) is 7.52. The number of anilines is 1. The van der Waals surface area contributed by atoms with Crippen molar-refractivity contribution in [3.05, 3.63) is 24.0 Å². The first-order valence-corrected chi connectivity index (χ1v) is 8.51. The van der Waals surface area contributed by atoms with Gasteiger partial charge in [0.1, 0.15) is 19.0 Å². The maximum absolute atomic E-state index is 12.0. The summed E-state index contributed by atoms with van der Waals surface area (Å²) < 4.78 is 11.0. The van der Waals surface area contributed by atoms with Gasteiger partial charge in [0.25, 0.3) is 0 Å². The summed E-state index contributed by atoms with van der Waals surface area (Å²) in [6.07, 6.45) is 2.34. The first-order chi connectivity index (χ1) is 11.3. The highest BCUT2D eigenvalue weighted by atomic mass is 32.2. The molecule has 1 fully saturated rings. The molecule has 1 saturated carbocycles. The summed E-state index contributed by atoms with van der Waals surface area (Å²) in [6, 6.07) is 5.37. The summed E-state index contributed by atoms with van der Waals surface area (Å²) in [4.78, 5) is 16.4. The van der Waals surface area contributed by atoms with Crippen molar-refractivity contribution in [2.75, 3.05) is 24.3 Å². The highest BCUT2D eigenvalue weighted by molar-refractivity contribution is 7.99. The van der Waals surface area contributed by atoms with Crippen molar-refractivity contribution in [2.45, 2.75) is 23.9 Å². The minimum atomic E-state index is -0.107. The van der Waals surface area contributed by atoms with E-state index in [9.17, 15) is 4.79 Å². The van der Waals surface area contributed by atoms with Gasteiger partial charge in [-0.2, -0.15) is 0 Å². The van der Waals surface area contributed by atoms with Gasteiger partial charge >= 0.3 is 0 Å². The molecule has 0 unspecified atom stereocenters. The molecule has 23 heavy (non-hydrogen) atoms. The number of H-pyrrole nitrogens is 1. The maximum Gasteiger partial charge on any atom is 0.234 e. The molecule has 0 radical (unpaired) electrons. The predicted molar refractivity (Wildman–Crippen MR) is 85.1 cm³/mol. The molecule has 1 aromatic carbocycles. The zero-order valence-corrected chi connectivity index (χ0v) is 13.2. The summed E-state index contributed by atoms with van der Waals surface area (Å²) in [5, 5.41) is 10.5. The molecule has 1 aliphatic carbocycles. The van der Waals surface area contributed by atoms with Crippen LogP contribution in [0, 0.1) is 0 Å². The second kappa shape index (κ2) is 6.11. The lowest BCUT2D eigenvalue weighted by Gasteiger charge is -2.18. The molecular weight excluding hydrogens is 316 g/mol. The molecule has 4 rings (SSSR count). The van der Waals surface area contributed by atoms with Gasteiger partial charge in [0.2, 0.25) is 11.1 Å². The smallest absolute Gasteiger partial charge is 0.234 e. The van der Waals surface area contributed by atoms with E-state index < -0.39 is 0 Å². The van der Waals surface area contributed by atoms with Crippen molar-refractivity contribution in [2.24, 2.45) is 0 Å². The van der Waals surface area contributed by atoms with E-state index in [-0.39, 0.29) is 11.7 Å². The number of aromatic amines is 1. The number of amides is 1. The zero-order chi connectivity index (χ0) is 15.6. The van der Waals surface area contributed by atoms with Crippen LogP contribution in [0.5, 0.6) is 11.5 Å². The molecule has 2 heterocycles. The Morgan fingerprint density at radius 3 is 2.96 bits per heavy atom. The fraction of sp³-hybridized carbons (Fsp3) is 0.400. The Morgan fingerprint density at radius 2 is 2.13 bits per heavy atom. The van der Waals surface area contributed by atoms with Crippen LogP contribution in [0.2, 0.25) is 0 Å². The van der Waals surface area contributed by atoms with Crippen molar-refractivity contribution < 1.29 is 14.3 Å². The number of aromatic nitrogens is 3. The van der Waals surface area contributed by atoms with Gasteiger partial charge in [0.15, 0.2) is 11.5 Å². The van der Waals surface area contributed by atoms with Crippen molar-refractivity contribution >= 4 is 23.4 Å². The van der Waals surface area contributed by atoms with Crippen LogP contribution in [0.15, 0.2) is 23.4 Å². The van der Waals surface area contributed by atoms with Gasteiger partial charge in [0.05, 0.1) is 5.75 Å². The van der Waals surface area contributed by atoms with Gasteiger partial charge in [0, 0.05) is 17.7 Å². The number of nitrogens with zero attached hydrogens (tertiary/aromatic N) is 2. The largest absolute Gasteiger partial charge is 0.486 e. The first kappa shape index (κ1) is 14.4. The Bertz CT molecular complexity index is 729. The van der Waals surface area contributed by atoms with Gasteiger partial charge in [-0.1, -0.05) is 11.8 Å². The maximum atomic E-state index is 12.0. The van der Waals surface area contributed by atoms with E-state index in [1.807, 2.05) is 0 Å². The zero-order valence-electron chi connectivity index (χ0n) is 12.4. The van der Waals surface area contributed by atoms with Crippen molar-refractivity contribution in [1.29, 1.82) is 0 Å². The summed E-state index contributed by atoms with van der Waals surface area (Å²) in [7, 11) is 0. The number of hydrogen-bond acceptors (Lipinski definition) is 6. The van der Waals surface area contributed by atoms with Crippen molar-refractivity contribution in [1.82, 2.24) is 15.2 Å². The number of carbonyl (C=O) groups excluding carboxylic acids is 1. The number of fused-ring (bicyclic) bond motifs is 1. The summed E-state index contributed by atoms with van der Waals surface area (Å²) in [6.45, 7) is 1.07. The van der Waals surface area contributed by atoms with Crippen LogP contribution in [0.25, 0.3) is 0 Å². The number of thioether (sulfide) groups is 1. The number of carbonyl (C=O) groups is 1. The number of rotatable bonds is 5. The van der Waals surface area contributed by atoms with E-state index in [2.05, 4.69) is 20.5 Å². The number of ether oxygens (including phenoxy) is 2. The molecule has 0 atom stereocenters. The average Bonchev–Trinajstić information content (AvgIpc) is 3.31. The fourth-order valence-electron chi connectivity index (χ4n) is 2.31. The molecule has 2 aliphatic rings. The SMILES string of the molecule is O=C(CSc1n[nH]c(C2CC2)n1)Nc1ccc2c(c1)OCCO2. The van der Waals surface area contributed by atoms with E-state index >= 15 is 0 Å². The Balaban J connectivity index is 1.32. The molecule has 1 aliphatic heterocycles. The third-order valence-electron chi connectivity index (χ3n) is 3.60. The van der Waals surface area contributed by atoms with Crippen LogP contribution in [0.4, 0.5) is 5.69 Å². The quantitative estimate of drug-likeness (QED) is 0.816. The van der Waals surface area contributed by atoms with E-state index in [1.165, 1.54) is 24.6 Å². The summed E-state index contributed by atoms with van der Waals surface area (Å²) in [5.74, 6) is 2.98. The summed E-state index contributed by atoms with van der Waals surface area (Å²) >= 11 is 1.32. The Labute approximate surface area is 137 Å². The topological polar surface area (TPSA) is 89.1 Å². The average molecular weight is 332 g/mol. The lowest BCUT2D eigenvalue weighted by Crippen LogP contribution is -2.17. The van der Waals surface area contributed by atoms with E-state index in [0.717, 1.165) is 5.82 Å². The van der Waals surface area contributed by atoms with Crippen LogP contribution in [-0.2, 0) is 4.79 Å². The predicted octanol–water partition coefficient (Wildman–Crippen LogP) is 2.18. The molecule has 2 N–H and O–H groups in total. The molecule has 8 heteroatoms. The van der Waals surface area contributed by atoms with Gasteiger partial charge < -0.3 is 14.8 Å². The van der Waals surface area contributed by atoms with Gasteiger partial charge in [-0.05, 0) is 25.0 Å². The van der Waals surface area contributed by atoms with E-state index in [1.54, 1.807) is 18.2 Å². The minimum absolute atomic E-state index is 0.107. The molecule has 7 nitrogen and oxygen atoms in total. The van der Waals surface area contributed by atoms with Crippen LogP contribution < -0.4 is 14.8 Å². The minimum Gasteiger partial charge on any atom is -0.486 e. The standard InChI is InChI=1S/C15H16N4O3S/c20-13(8-23-15-17-14(18-19-15)9-1-2-9)16-10-3-4-11-12(7-10)22-6-5-21-11/h3-4,7,9H,1-2,5-6,8H2,(H,16,20)(H,17,18,19). The molecule has 1 aromatic heterocycles. The normalized spacial score (nSPS) is 16.2. The molecule has 0 bridgehead atoms. The third kappa shape index (κ3) is 3.42. The molecule has 0 saturated heterocycles. The number of nitrogens with one attached hydrogen (secondary N) is 2. The Morgan fingerprint density at radius 1 is 1.30 bits per heavy atom. The molecule has 2 aromatic rings. The van der Waals surface area contributed by atoms with Gasteiger partial charge in [-0.15, -0.1) is 5.10 Å². The van der Waals surface area contributed by atoms with Gasteiger partial charge in [-0.25, -0.2) is 4.98 Å². The Hall–Kier alpha value is -2.22. The van der Waals surface area contributed by atoms with Crippen LogP contribution >= 0.6 is 11.8 Å². The lowest BCUT2D eigenvalue weighted by atomic mass is 10.2. The van der Waals surface area contributed by atoms with Crippen molar-refractivity contribution in [3.8, 4) is 11.5 Å². The highest BCUT2D eigenvalue weighted by Crippen LogP contribution is 2.38. The second-order valence-electron chi connectivity index (χ2n) is 5.47. The van der Waals surface area contributed by atoms with Gasteiger partial charge in [-0.3, -0.25) is 9.89 Å². The Kier molecular flexibility index (Phi) is 3.82. The molecule has 120 valence electrons. The second-order valence-corrected chi connectivity index (χ2v) is 6.42. The molecule has 0 spiro atoms. The monoisotopic (exact) mass is 332 g/mol. The van der Waals surface area contributed by atoms with E-state index in [0.29, 0.717) is 41.5 Å². The third-order valence-corrected chi connectivity index (χ3v) is 4.45. The number of hydrogen-bond donors (Lipinski definition) is 2. The van der Waals surface area contributed by atoms with Crippen LogP contribution in [-0.4, -0.2) is 40.1 Å². The summed E-state index contributed by atoms with van der Waals surface area (Å²) in [5.41, 5.74) is 0.688. The molecule has 1 amide bonds. The molecular formula is C15H16N4O3S. The van der Waals surface area contributed by atoms with E-state index in [4.69, 9.17) is 9.47 Å². The van der Waals surface area contributed by atoms with Crippen molar-refractivity contribution in [3.63, 3.8) is 0 Å². The highest BCUT2D eigenvalue weighted by Gasteiger charge is 2.27. The number of benzene rings is 1. The van der Waals surface area contributed by atoms with Crippen LogP contribution in [0.3, 0.4) is 0 Å². The van der Waals surface area contributed by atoms with Crippen LogP contribution in [0.1, 0.15) is 24.6 Å².